The number of carbonyl (C=O) groups is 2. The monoisotopic (exact) mass is 398 g/mol. The lowest BCUT2D eigenvalue weighted by molar-refractivity contribution is -0.136. The summed E-state index contributed by atoms with van der Waals surface area (Å²) in [4.78, 5) is 35.8. The second kappa shape index (κ2) is 8.31. The van der Waals surface area contributed by atoms with Crippen molar-refractivity contribution >= 4 is 34.0 Å². The van der Waals surface area contributed by atoms with Crippen molar-refractivity contribution in [3.63, 3.8) is 0 Å². The van der Waals surface area contributed by atoms with Gasteiger partial charge in [0.15, 0.2) is 5.13 Å². The number of amides is 2. The highest BCUT2D eigenvalue weighted by molar-refractivity contribution is 7.13. The molecule has 1 aromatic heterocycles. The lowest BCUT2D eigenvalue weighted by Crippen LogP contribution is -2.50. The summed E-state index contributed by atoms with van der Waals surface area (Å²) in [5.41, 5.74) is 2.18. The zero-order valence-electron chi connectivity index (χ0n) is 16.2. The van der Waals surface area contributed by atoms with E-state index in [0.29, 0.717) is 26.1 Å². The zero-order chi connectivity index (χ0) is 19.5. The quantitative estimate of drug-likeness (QED) is 0.777. The number of hydrogen-bond acceptors (Lipinski definition) is 5. The lowest BCUT2D eigenvalue weighted by Gasteiger charge is -2.35. The van der Waals surface area contributed by atoms with E-state index >= 15 is 0 Å². The molecule has 1 aromatic carbocycles. The van der Waals surface area contributed by atoms with E-state index in [2.05, 4.69) is 28.9 Å². The van der Waals surface area contributed by atoms with Crippen molar-refractivity contribution in [2.45, 2.75) is 26.2 Å². The van der Waals surface area contributed by atoms with E-state index in [-0.39, 0.29) is 17.7 Å². The first-order valence-corrected chi connectivity index (χ1v) is 10.9. The van der Waals surface area contributed by atoms with E-state index in [0.717, 1.165) is 36.8 Å². The number of aryl methyl sites for hydroxylation is 1. The molecule has 0 spiro atoms. The molecule has 2 aromatic rings. The highest BCUT2D eigenvalue weighted by atomic mass is 32.1. The first-order chi connectivity index (χ1) is 13.7. The molecule has 2 saturated heterocycles. The van der Waals surface area contributed by atoms with Crippen LogP contribution in [0, 0.1) is 5.92 Å². The molecule has 148 valence electrons. The Bertz CT molecular complexity index is 813. The van der Waals surface area contributed by atoms with Gasteiger partial charge in [0.1, 0.15) is 0 Å². The van der Waals surface area contributed by atoms with Crippen LogP contribution in [-0.2, 0) is 16.0 Å². The predicted molar refractivity (Wildman–Crippen MR) is 112 cm³/mol. The third kappa shape index (κ3) is 3.90. The number of rotatable bonds is 5. The van der Waals surface area contributed by atoms with Gasteiger partial charge in [0, 0.05) is 56.4 Å². The second-order valence-corrected chi connectivity index (χ2v) is 8.32. The number of anilines is 2. The summed E-state index contributed by atoms with van der Waals surface area (Å²) < 4.78 is 0. The largest absolute Gasteiger partial charge is 0.345 e. The maximum absolute atomic E-state index is 13.0. The smallest absolute Gasteiger partial charge is 0.228 e. The van der Waals surface area contributed by atoms with Crippen LogP contribution in [0.2, 0.25) is 0 Å². The summed E-state index contributed by atoms with van der Waals surface area (Å²) in [6, 6.07) is 8.17. The van der Waals surface area contributed by atoms with Crippen LogP contribution in [-0.4, -0.2) is 54.4 Å². The number of piperazine rings is 1. The fourth-order valence-corrected chi connectivity index (χ4v) is 4.70. The molecule has 2 aliphatic heterocycles. The molecule has 0 N–H and O–H groups in total. The number of aromatic nitrogens is 1. The van der Waals surface area contributed by atoms with Gasteiger partial charge in [-0.05, 0) is 24.1 Å². The molecule has 0 aliphatic carbocycles. The molecule has 0 saturated carbocycles. The molecular formula is C21H26N4O2S. The third-order valence-corrected chi connectivity index (χ3v) is 6.37. The fraction of sp³-hybridized carbons (Fsp3) is 0.476. The molecule has 3 heterocycles. The number of thiazole rings is 1. The number of carbonyl (C=O) groups excluding carboxylic acids is 2. The average Bonchev–Trinajstić information content (AvgIpc) is 3.39. The van der Waals surface area contributed by atoms with Crippen LogP contribution in [0.15, 0.2) is 35.8 Å². The molecule has 28 heavy (non-hydrogen) atoms. The van der Waals surface area contributed by atoms with Gasteiger partial charge in [-0.2, -0.15) is 0 Å². The van der Waals surface area contributed by atoms with Gasteiger partial charge in [0.05, 0.1) is 5.92 Å². The van der Waals surface area contributed by atoms with Gasteiger partial charge in [-0.1, -0.05) is 25.5 Å². The molecule has 0 radical (unpaired) electrons. The average molecular weight is 399 g/mol. The minimum atomic E-state index is -0.241. The van der Waals surface area contributed by atoms with E-state index in [1.54, 1.807) is 16.2 Å². The highest BCUT2D eigenvalue weighted by Crippen LogP contribution is 2.27. The Kier molecular flexibility index (Phi) is 5.62. The van der Waals surface area contributed by atoms with Crippen molar-refractivity contribution in [3.05, 3.63) is 41.4 Å². The van der Waals surface area contributed by atoms with E-state index in [1.807, 2.05) is 28.6 Å². The Morgan fingerprint density at radius 3 is 2.57 bits per heavy atom. The van der Waals surface area contributed by atoms with Gasteiger partial charge >= 0.3 is 0 Å². The minimum absolute atomic E-state index is 0.0445. The van der Waals surface area contributed by atoms with Crippen LogP contribution in [0.5, 0.6) is 0 Å². The molecule has 2 fully saturated rings. The SMILES string of the molecule is CCCc1ccc(N2CC(C(=O)N3CCN(c4nccs4)CC3)CC2=O)cc1. The third-order valence-electron chi connectivity index (χ3n) is 5.54. The molecule has 1 unspecified atom stereocenters. The number of hydrogen-bond donors (Lipinski definition) is 0. The highest BCUT2D eigenvalue weighted by Gasteiger charge is 2.38. The van der Waals surface area contributed by atoms with Crippen molar-refractivity contribution in [2.24, 2.45) is 5.92 Å². The standard InChI is InChI=1S/C21H26N4O2S/c1-2-3-16-4-6-18(7-5-16)25-15-17(14-19(25)26)20(27)23-9-11-24(12-10-23)21-22-8-13-28-21/h4-8,13,17H,2-3,9-12,14-15H2,1H3. The Morgan fingerprint density at radius 2 is 1.93 bits per heavy atom. The van der Waals surface area contributed by atoms with Crippen molar-refractivity contribution in [3.8, 4) is 0 Å². The Hall–Kier alpha value is -2.41. The normalized spacial score (nSPS) is 20.1. The van der Waals surface area contributed by atoms with Gasteiger partial charge in [0.2, 0.25) is 11.8 Å². The fourth-order valence-electron chi connectivity index (χ4n) is 4.00. The minimum Gasteiger partial charge on any atom is -0.345 e. The molecule has 1 atom stereocenters. The van der Waals surface area contributed by atoms with Gasteiger partial charge < -0.3 is 14.7 Å². The molecule has 6 nitrogen and oxygen atoms in total. The molecule has 2 aliphatic rings. The second-order valence-electron chi connectivity index (χ2n) is 7.45. The Labute approximate surface area is 169 Å². The lowest BCUT2D eigenvalue weighted by atomic mass is 10.1. The number of nitrogens with zero attached hydrogens (tertiary/aromatic N) is 4. The molecule has 7 heteroatoms. The van der Waals surface area contributed by atoms with Gasteiger partial charge in [-0.15, -0.1) is 11.3 Å². The van der Waals surface area contributed by atoms with E-state index in [9.17, 15) is 9.59 Å². The molecular weight excluding hydrogens is 372 g/mol. The Balaban J connectivity index is 1.35. The van der Waals surface area contributed by atoms with Crippen LogP contribution in [0.3, 0.4) is 0 Å². The summed E-state index contributed by atoms with van der Waals surface area (Å²) in [6.07, 6.45) is 4.27. The van der Waals surface area contributed by atoms with Crippen molar-refractivity contribution in [1.82, 2.24) is 9.88 Å². The van der Waals surface area contributed by atoms with Gasteiger partial charge in [0.25, 0.3) is 0 Å². The molecule has 4 rings (SSSR count). The van der Waals surface area contributed by atoms with E-state index in [4.69, 9.17) is 0 Å². The van der Waals surface area contributed by atoms with Crippen LogP contribution in [0.4, 0.5) is 10.8 Å². The van der Waals surface area contributed by atoms with Crippen LogP contribution in [0.25, 0.3) is 0 Å². The Morgan fingerprint density at radius 1 is 1.18 bits per heavy atom. The zero-order valence-corrected chi connectivity index (χ0v) is 17.0. The summed E-state index contributed by atoms with van der Waals surface area (Å²) >= 11 is 1.63. The van der Waals surface area contributed by atoms with E-state index < -0.39 is 0 Å². The van der Waals surface area contributed by atoms with Crippen molar-refractivity contribution < 1.29 is 9.59 Å². The van der Waals surface area contributed by atoms with Crippen LogP contribution in [0.1, 0.15) is 25.3 Å². The molecule has 2 amide bonds. The summed E-state index contributed by atoms with van der Waals surface area (Å²) in [5, 5.41) is 2.99. The number of benzene rings is 1. The summed E-state index contributed by atoms with van der Waals surface area (Å²) in [6.45, 7) is 5.61. The predicted octanol–water partition coefficient (Wildman–Crippen LogP) is 2.80. The maximum atomic E-state index is 13.0. The first kappa shape index (κ1) is 18.9. The maximum Gasteiger partial charge on any atom is 0.228 e. The van der Waals surface area contributed by atoms with Crippen LogP contribution >= 0.6 is 11.3 Å². The first-order valence-electron chi connectivity index (χ1n) is 9.98. The van der Waals surface area contributed by atoms with E-state index in [1.165, 1.54) is 5.56 Å². The van der Waals surface area contributed by atoms with Gasteiger partial charge in [-0.25, -0.2) is 4.98 Å². The molecule has 0 bridgehead atoms. The topological polar surface area (TPSA) is 56.8 Å². The van der Waals surface area contributed by atoms with Crippen LogP contribution < -0.4 is 9.80 Å². The van der Waals surface area contributed by atoms with Crippen molar-refractivity contribution in [1.29, 1.82) is 0 Å². The summed E-state index contributed by atoms with van der Waals surface area (Å²) in [5.74, 6) is -0.0884. The van der Waals surface area contributed by atoms with Gasteiger partial charge in [-0.3, -0.25) is 9.59 Å². The summed E-state index contributed by atoms with van der Waals surface area (Å²) in [7, 11) is 0. The van der Waals surface area contributed by atoms with Crippen molar-refractivity contribution in [2.75, 3.05) is 42.5 Å².